The number of hydrogen-bond donors (Lipinski definition) is 1. The van der Waals surface area contributed by atoms with E-state index in [1.807, 2.05) is 45.0 Å². The summed E-state index contributed by atoms with van der Waals surface area (Å²) < 4.78 is 0. The largest absolute Gasteiger partial charge is 0.353 e. The molecule has 0 bridgehead atoms. The van der Waals surface area contributed by atoms with Gasteiger partial charge in [0.2, 0.25) is 11.8 Å². The van der Waals surface area contributed by atoms with Gasteiger partial charge in [-0.3, -0.25) is 19.7 Å². The zero-order valence-corrected chi connectivity index (χ0v) is 17.5. The summed E-state index contributed by atoms with van der Waals surface area (Å²) in [6, 6.07) is 13.5. The third kappa shape index (κ3) is 4.50. The van der Waals surface area contributed by atoms with Crippen LogP contribution in [0.25, 0.3) is 0 Å². The average Bonchev–Trinajstić information content (AvgIpc) is 2.73. The van der Waals surface area contributed by atoms with Gasteiger partial charge < -0.3 is 10.2 Å². The Hall–Kier alpha value is -3.22. The van der Waals surface area contributed by atoms with Crippen LogP contribution in [0.1, 0.15) is 50.7 Å². The van der Waals surface area contributed by atoms with Crippen LogP contribution in [-0.2, 0) is 16.0 Å². The molecule has 158 valence electrons. The van der Waals surface area contributed by atoms with E-state index in [1.165, 1.54) is 12.1 Å². The highest BCUT2D eigenvalue weighted by molar-refractivity contribution is 5.98. The van der Waals surface area contributed by atoms with Crippen molar-refractivity contribution >= 4 is 23.2 Å². The fourth-order valence-electron chi connectivity index (χ4n) is 3.88. The van der Waals surface area contributed by atoms with Crippen LogP contribution in [0, 0.1) is 10.1 Å². The lowest BCUT2D eigenvalue weighted by Crippen LogP contribution is -2.47. The van der Waals surface area contributed by atoms with E-state index in [4.69, 9.17) is 0 Å². The van der Waals surface area contributed by atoms with Crippen molar-refractivity contribution in [3.8, 4) is 0 Å². The first-order valence-corrected chi connectivity index (χ1v) is 10.3. The smallest absolute Gasteiger partial charge is 0.269 e. The summed E-state index contributed by atoms with van der Waals surface area (Å²) in [5.74, 6) is -0.399. The van der Waals surface area contributed by atoms with Crippen molar-refractivity contribution in [1.29, 1.82) is 0 Å². The van der Waals surface area contributed by atoms with Gasteiger partial charge in [-0.15, -0.1) is 0 Å². The first-order valence-electron chi connectivity index (χ1n) is 10.3. The number of carbonyl (C=O) groups excluding carboxylic acids is 2. The number of para-hydroxylation sites is 1. The van der Waals surface area contributed by atoms with Gasteiger partial charge in [-0.25, -0.2) is 0 Å². The molecule has 0 radical (unpaired) electrons. The zero-order valence-electron chi connectivity index (χ0n) is 17.5. The third-order valence-electron chi connectivity index (χ3n) is 5.68. The molecule has 30 heavy (non-hydrogen) atoms. The van der Waals surface area contributed by atoms with Gasteiger partial charge >= 0.3 is 0 Å². The Labute approximate surface area is 176 Å². The van der Waals surface area contributed by atoms with Gasteiger partial charge in [-0.1, -0.05) is 37.3 Å². The first-order chi connectivity index (χ1) is 14.3. The number of fused-ring (bicyclic) bond motifs is 1. The number of benzene rings is 2. The summed E-state index contributed by atoms with van der Waals surface area (Å²) >= 11 is 0. The summed E-state index contributed by atoms with van der Waals surface area (Å²) in [5.41, 5.74) is 2.32. The molecular weight excluding hydrogens is 382 g/mol. The molecule has 0 aromatic heterocycles. The van der Waals surface area contributed by atoms with Crippen LogP contribution in [0.2, 0.25) is 0 Å². The molecule has 3 atom stereocenters. The molecule has 3 rings (SSSR count). The van der Waals surface area contributed by atoms with E-state index in [0.29, 0.717) is 12.0 Å². The molecule has 0 unspecified atom stereocenters. The van der Waals surface area contributed by atoms with Crippen LogP contribution in [-0.4, -0.2) is 28.8 Å². The summed E-state index contributed by atoms with van der Waals surface area (Å²) in [6.45, 7) is 5.96. The summed E-state index contributed by atoms with van der Waals surface area (Å²) in [7, 11) is 0. The molecule has 0 aliphatic carbocycles. The number of nitro groups is 1. The minimum absolute atomic E-state index is 0.00181. The van der Waals surface area contributed by atoms with Crippen LogP contribution in [0.3, 0.4) is 0 Å². The predicted octanol–water partition coefficient (Wildman–Crippen LogP) is 3.96. The molecule has 1 aliphatic heterocycles. The number of nitrogens with zero attached hydrogens (tertiary/aromatic N) is 2. The number of nitro benzene ring substituents is 1. The Balaban J connectivity index is 1.84. The second-order valence-corrected chi connectivity index (χ2v) is 7.88. The van der Waals surface area contributed by atoms with Crippen LogP contribution >= 0.6 is 0 Å². The molecule has 7 nitrogen and oxygen atoms in total. The van der Waals surface area contributed by atoms with Crippen molar-refractivity contribution < 1.29 is 14.5 Å². The Morgan fingerprint density at radius 3 is 2.50 bits per heavy atom. The second-order valence-electron chi connectivity index (χ2n) is 7.88. The van der Waals surface area contributed by atoms with Crippen LogP contribution in [0.5, 0.6) is 0 Å². The fraction of sp³-hybridized carbons (Fsp3) is 0.391. The lowest BCUT2D eigenvalue weighted by molar-refractivity contribution is -0.384. The number of hydrogen-bond acceptors (Lipinski definition) is 4. The molecule has 7 heteroatoms. The van der Waals surface area contributed by atoms with Crippen LogP contribution < -0.4 is 10.2 Å². The molecule has 2 amide bonds. The Bertz CT molecular complexity index is 942. The Morgan fingerprint density at radius 1 is 1.20 bits per heavy atom. The van der Waals surface area contributed by atoms with Crippen LogP contribution in [0.15, 0.2) is 48.5 Å². The second kappa shape index (κ2) is 9.07. The average molecular weight is 409 g/mol. The highest BCUT2D eigenvalue weighted by atomic mass is 16.6. The van der Waals surface area contributed by atoms with Crippen molar-refractivity contribution in [1.82, 2.24) is 5.32 Å². The topological polar surface area (TPSA) is 92.6 Å². The van der Waals surface area contributed by atoms with Gasteiger partial charge in [0, 0.05) is 29.9 Å². The molecule has 2 aromatic rings. The highest BCUT2D eigenvalue weighted by Crippen LogP contribution is 2.39. The van der Waals surface area contributed by atoms with E-state index in [-0.39, 0.29) is 41.9 Å². The molecule has 0 saturated heterocycles. The van der Waals surface area contributed by atoms with Gasteiger partial charge in [0.25, 0.3) is 5.69 Å². The van der Waals surface area contributed by atoms with E-state index < -0.39 is 4.92 Å². The Kier molecular flexibility index (Phi) is 6.50. The normalized spacial score (nSPS) is 19.0. The van der Waals surface area contributed by atoms with Crippen molar-refractivity contribution in [3.63, 3.8) is 0 Å². The lowest BCUT2D eigenvalue weighted by Gasteiger charge is -2.39. The summed E-state index contributed by atoms with van der Waals surface area (Å²) in [4.78, 5) is 38.1. The van der Waals surface area contributed by atoms with Crippen molar-refractivity contribution in [2.45, 2.75) is 58.0 Å². The van der Waals surface area contributed by atoms with Crippen molar-refractivity contribution in [3.05, 3.63) is 69.8 Å². The molecule has 0 fully saturated rings. The highest BCUT2D eigenvalue weighted by Gasteiger charge is 2.36. The maximum atomic E-state index is 13.2. The summed E-state index contributed by atoms with van der Waals surface area (Å²) in [6.07, 6.45) is 1.54. The van der Waals surface area contributed by atoms with Crippen LogP contribution in [0.4, 0.5) is 11.4 Å². The third-order valence-corrected chi connectivity index (χ3v) is 5.68. The Morgan fingerprint density at radius 2 is 1.87 bits per heavy atom. The molecule has 1 N–H and O–H groups in total. The number of rotatable bonds is 6. The molecule has 0 saturated carbocycles. The molecule has 1 heterocycles. The van der Waals surface area contributed by atoms with Crippen molar-refractivity contribution in [2.75, 3.05) is 4.90 Å². The minimum Gasteiger partial charge on any atom is -0.353 e. The standard InChI is InChI=1S/C23H27N3O4/c1-4-15(2)24-23(28)20-13-16(3)25(21-8-6-5-7-19(20)21)22(27)14-17-9-11-18(12-10-17)26(29)30/h5-12,15-16,20H,4,13-14H2,1-3H3,(H,24,28)/t15-,16+,20-/m1/s1. The number of nitrogens with one attached hydrogen (secondary N) is 1. The van der Waals surface area contributed by atoms with E-state index >= 15 is 0 Å². The fourth-order valence-corrected chi connectivity index (χ4v) is 3.88. The quantitative estimate of drug-likeness (QED) is 0.577. The number of carbonyl (C=O) groups is 2. The maximum Gasteiger partial charge on any atom is 0.269 e. The van der Waals surface area contributed by atoms with Gasteiger partial charge in [-0.2, -0.15) is 0 Å². The monoisotopic (exact) mass is 409 g/mol. The van der Waals surface area contributed by atoms with Gasteiger partial charge in [0.1, 0.15) is 0 Å². The van der Waals surface area contributed by atoms with Gasteiger partial charge in [0.05, 0.1) is 17.3 Å². The maximum absolute atomic E-state index is 13.2. The number of amides is 2. The van der Waals surface area contributed by atoms with E-state index in [0.717, 1.165) is 17.7 Å². The number of anilines is 1. The van der Waals surface area contributed by atoms with E-state index in [9.17, 15) is 19.7 Å². The predicted molar refractivity (Wildman–Crippen MR) is 115 cm³/mol. The molecule has 2 aromatic carbocycles. The first kappa shape index (κ1) is 21.5. The summed E-state index contributed by atoms with van der Waals surface area (Å²) in [5, 5.41) is 13.9. The van der Waals surface area contributed by atoms with E-state index in [1.54, 1.807) is 17.0 Å². The van der Waals surface area contributed by atoms with Crippen molar-refractivity contribution in [2.24, 2.45) is 0 Å². The minimum atomic E-state index is -0.459. The SMILES string of the molecule is CC[C@@H](C)NC(=O)[C@@H]1C[C@H](C)N(C(=O)Cc2ccc([N+](=O)[O-])cc2)c2ccccc21. The molecular formula is C23H27N3O4. The van der Waals surface area contributed by atoms with Gasteiger partial charge in [-0.05, 0) is 43.9 Å². The molecule has 1 aliphatic rings. The van der Waals surface area contributed by atoms with E-state index in [2.05, 4.69) is 5.32 Å². The van der Waals surface area contributed by atoms with Gasteiger partial charge in [0.15, 0.2) is 0 Å². The zero-order chi connectivity index (χ0) is 21.8. The lowest BCUT2D eigenvalue weighted by atomic mass is 9.85. The molecule has 0 spiro atoms. The number of non-ortho nitro benzene ring substituents is 1.